The quantitative estimate of drug-likeness (QED) is 0.183. The van der Waals surface area contributed by atoms with Crippen LogP contribution in [-0.4, -0.2) is 0 Å². The monoisotopic (exact) mass is 617 g/mol. The maximum Gasteiger partial charge on any atom is 0.137 e. The van der Waals surface area contributed by atoms with Gasteiger partial charge in [0.15, 0.2) is 0 Å². The first kappa shape index (κ1) is 26.3. The van der Waals surface area contributed by atoms with Crippen molar-refractivity contribution in [2.45, 2.75) is 0 Å². The Bertz CT molecular complexity index is 2810. The Balaban J connectivity index is 1.19. The molecule has 0 bridgehead atoms. The van der Waals surface area contributed by atoms with E-state index in [-0.39, 0.29) is 0 Å². The normalized spacial score (nSPS) is 11.8. The van der Waals surface area contributed by atoms with E-state index in [0.29, 0.717) is 0 Å². The highest BCUT2D eigenvalue weighted by atomic mass is 32.1. The van der Waals surface area contributed by atoms with Crippen LogP contribution >= 0.6 is 11.3 Å². The van der Waals surface area contributed by atoms with Gasteiger partial charge >= 0.3 is 0 Å². The van der Waals surface area contributed by atoms with E-state index in [9.17, 15) is 0 Å². The van der Waals surface area contributed by atoms with Crippen LogP contribution in [-0.2, 0) is 0 Å². The highest BCUT2D eigenvalue weighted by molar-refractivity contribution is 7.25. The van der Waals surface area contributed by atoms with E-state index < -0.39 is 0 Å². The van der Waals surface area contributed by atoms with Gasteiger partial charge in [0.2, 0.25) is 0 Å². The molecule has 47 heavy (non-hydrogen) atoms. The van der Waals surface area contributed by atoms with Crippen LogP contribution in [0.5, 0.6) is 0 Å². The third-order valence-corrected chi connectivity index (χ3v) is 10.6. The van der Waals surface area contributed by atoms with Gasteiger partial charge in [0.05, 0.1) is 11.1 Å². The summed E-state index contributed by atoms with van der Waals surface area (Å²) in [6.07, 6.45) is 0. The van der Waals surface area contributed by atoms with E-state index in [0.717, 1.165) is 39.0 Å². The fraction of sp³-hybridized carbons (Fsp3) is 0. The summed E-state index contributed by atoms with van der Waals surface area (Å²) in [5.74, 6) is 0. The number of anilines is 3. The van der Waals surface area contributed by atoms with Crippen molar-refractivity contribution in [3.05, 3.63) is 164 Å². The summed E-state index contributed by atoms with van der Waals surface area (Å²) in [5, 5.41) is 9.91. The first-order chi connectivity index (χ1) is 23.3. The molecular weight excluding hydrogens is 591 g/mol. The predicted molar refractivity (Wildman–Crippen MR) is 202 cm³/mol. The zero-order chi connectivity index (χ0) is 30.9. The van der Waals surface area contributed by atoms with Gasteiger partial charge in [-0.1, -0.05) is 109 Å². The molecule has 0 saturated heterocycles. The molecule has 0 spiro atoms. The van der Waals surface area contributed by atoms with Crippen LogP contribution in [0.4, 0.5) is 17.1 Å². The van der Waals surface area contributed by atoms with Crippen molar-refractivity contribution in [1.82, 2.24) is 0 Å². The Kier molecular flexibility index (Phi) is 5.78. The van der Waals surface area contributed by atoms with Gasteiger partial charge in [0.1, 0.15) is 11.2 Å². The maximum absolute atomic E-state index is 6.35. The zero-order valence-corrected chi connectivity index (χ0v) is 26.2. The standard InChI is InChI=1S/C44H27NOS/c1-2-11-32-29(10-1)26-38(34-13-4-3-12-33(32)34)28-20-22-30(23-21-28)45(31-24-25-36-35-14-6-8-19-42(35)47-43(36)27-31)39-16-9-18-41-44(39)37-15-5-7-17-40(37)46-41/h1-27H. The van der Waals surface area contributed by atoms with Crippen LogP contribution in [0.1, 0.15) is 0 Å². The fourth-order valence-electron chi connectivity index (χ4n) is 7.31. The minimum absolute atomic E-state index is 0.885. The Morgan fingerprint density at radius 1 is 0.426 bits per heavy atom. The summed E-state index contributed by atoms with van der Waals surface area (Å²) in [4.78, 5) is 2.39. The Morgan fingerprint density at radius 2 is 1.09 bits per heavy atom. The van der Waals surface area contributed by atoms with Crippen molar-refractivity contribution < 1.29 is 4.42 Å². The van der Waals surface area contributed by atoms with E-state index in [1.807, 2.05) is 17.4 Å². The molecule has 10 aromatic rings. The minimum atomic E-state index is 0.885. The van der Waals surface area contributed by atoms with Gasteiger partial charge in [-0.25, -0.2) is 0 Å². The molecule has 8 aromatic carbocycles. The lowest BCUT2D eigenvalue weighted by atomic mass is 9.93. The number of hydrogen-bond acceptors (Lipinski definition) is 3. The molecule has 220 valence electrons. The molecule has 2 heterocycles. The average molecular weight is 618 g/mol. The lowest BCUT2D eigenvalue weighted by Crippen LogP contribution is -2.10. The van der Waals surface area contributed by atoms with Crippen LogP contribution in [0, 0.1) is 0 Å². The smallest absolute Gasteiger partial charge is 0.137 e. The summed E-state index contributed by atoms with van der Waals surface area (Å²) >= 11 is 1.85. The van der Waals surface area contributed by atoms with Crippen molar-refractivity contribution in [3.8, 4) is 11.1 Å². The number of hydrogen-bond donors (Lipinski definition) is 0. The van der Waals surface area contributed by atoms with Crippen LogP contribution in [0.25, 0.3) is 74.8 Å². The number of furan rings is 1. The molecule has 0 aliphatic rings. The Morgan fingerprint density at radius 3 is 1.96 bits per heavy atom. The number of rotatable bonds is 4. The summed E-state index contributed by atoms with van der Waals surface area (Å²) in [6.45, 7) is 0. The Labute approximate surface area is 275 Å². The molecule has 0 aliphatic carbocycles. The van der Waals surface area contributed by atoms with Gasteiger partial charge in [-0.2, -0.15) is 0 Å². The van der Waals surface area contributed by atoms with Crippen LogP contribution < -0.4 is 4.90 Å². The van der Waals surface area contributed by atoms with Crippen LogP contribution in [0.15, 0.2) is 168 Å². The van der Waals surface area contributed by atoms with Gasteiger partial charge in [-0.05, 0) is 87.3 Å². The molecule has 0 fully saturated rings. The summed E-state index contributed by atoms with van der Waals surface area (Å²) < 4.78 is 8.94. The first-order valence-electron chi connectivity index (χ1n) is 15.9. The van der Waals surface area contributed by atoms with Crippen molar-refractivity contribution >= 4 is 92.1 Å². The van der Waals surface area contributed by atoms with Gasteiger partial charge in [-0.3, -0.25) is 0 Å². The Hall–Kier alpha value is -5.90. The van der Waals surface area contributed by atoms with Gasteiger partial charge in [0, 0.05) is 36.9 Å². The topological polar surface area (TPSA) is 16.4 Å². The molecule has 0 saturated carbocycles. The van der Waals surface area contributed by atoms with Crippen molar-refractivity contribution in [3.63, 3.8) is 0 Å². The molecule has 2 aromatic heterocycles. The first-order valence-corrected chi connectivity index (χ1v) is 16.7. The molecule has 3 heteroatoms. The van der Waals surface area contributed by atoms with E-state index >= 15 is 0 Å². The molecule has 0 unspecified atom stereocenters. The van der Waals surface area contributed by atoms with Crippen molar-refractivity contribution in [1.29, 1.82) is 0 Å². The number of thiophene rings is 1. The summed E-state index contributed by atoms with van der Waals surface area (Å²) in [6, 6.07) is 59.1. The molecule has 0 N–H and O–H groups in total. The third kappa shape index (κ3) is 4.10. The lowest BCUT2D eigenvalue weighted by Gasteiger charge is -2.26. The van der Waals surface area contributed by atoms with E-state index in [4.69, 9.17) is 4.42 Å². The van der Waals surface area contributed by atoms with Gasteiger partial charge < -0.3 is 9.32 Å². The second kappa shape index (κ2) is 10.3. The molecular formula is C44H27NOS. The molecule has 0 atom stereocenters. The minimum Gasteiger partial charge on any atom is -0.456 e. The fourth-order valence-corrected chi connectivity index (χ4v) is 8.45. The zero-order valence-electron chi connectivity index (χ0n) is 25.4. The molecule has 0 radical (unpaired) electrons. The summed E-state index contributed by atoms with van der Waals surface area (Å²) in [7, 11) is 0. The van der Waals surface area contributed by atoms with E-state index in [1.165, 1.54) is 52.8 Å². The number of benzene rings is 8. The van der Waals surface area contributed by atoms with Crippen molar-refractivity contribution in [2.75, 3.05) is 4.90 Å². The second-order valence-corrected chi connectivity index (χ2v) is 13.2. The van der Waals surface area contributed by atoms with Crippen LogP contribution in [0.2, 0.25) is 0 Å². The van der Waals surface area contributed by atoms with Crippen LogP contribution in [0.3, 0.4) is 0 Å². The molecule has 0 aliphatic heterocycles. The summed E-state index contributed by atoms with van der Waals surface area (Å²) in [5.41, 5.74) is 7.53. The highest BCUT2D eigenvalue weighted by Gasteiger charge is 2.20. The van der Waals surface area contributed by atoms with E-state index in [2.05, 4.69) is 163 Å². The molecule has 0 amide bonds. The largest absolute Gasteiger partial charge is 0.456 e. The number of nitrogens with zero attached hydrogens (tertiary/aromatic N) is 1. The second-order valence-electron chi connectivity index (χ2n) is 12.1. The third-order valence-electron chi connectivity index (χ3n) is 9.45. The number of fused-ring (bicyclic) bond motifs is 9. The van der Waals surface area contributed by atoms with Gasteiger partial charge in [-0.15, -0.1) is 11.3 Å². The van der Waals surface area contributed by atoms with Gasteiger partial charge in [0.25, 0.3) is 0 Å². The number of para-hydroxylation sites is 1. The van der Waals surface area contributed by atoms with E-state index in [1.54, 1.807) is 0 Å². The molecule has 2 nitrogen and oxygen atoms in total. The lowest BCUT2D eigenvalue weighted by molar-refractivity contribution is 0.669. The SMILES string of the molecule is c1ccc2c(c1)cc(-c1ccc(N(c3ccc4c(c3)sc3ccccc34)c3cccc4oc5ccccc5c34)cc1)c1ccccc12. The highest BCUT2D eigenvalue weighted by Crippen LogP contribution is 2.45. The maximum atomic E-state index is 6.35. The van der Waals surface area contributed by atoms with Crippen molar-refractivity contribution in [2.24, 2.45) is 0 Å². The molecule has 10 rings (SSSR count). The average Bonchev–Trinajstić information content (AvgIpc) is 3.70. The predicted octanol–water partition coefficient (Wildman–Crippen LogP) is 13.4.